The fraction of sp³-hybridized carbons (Fsp3) is 0.588. The molecular weight excluding hydrogens is 409 g/mol. The van der Waals surface area contributed by atoms with Gasteiger partial charge in [0.15, 0.2) is 0 Å². The smallest absolute Gasteiger partial charge is 0.316 e. The number of carbonyl (C=O) groups is 1. The van der Waals surface area contributed by atoms with Crippen LogP contribution < -0.4 is 0 Å². The lowest BCUT2D eigenvalue weighted by Crippen LogP contribution is -2.48. The van der Waals surface area contributed by atoms with E-state index in [-0.39, 0.29) is 42.7 Å². The fourth-order valence-corrected chi connectivity index (χ4v) is 4.04. The molecule has 0 aliphatic carbocycles. The van der Waals surface area contributed by atoms with Crippen molar-refractivity contribution in [3.8, 4) is 0 Å². The van der Waals surface area contributed by atoms with E-state index >= 15 is 0 Å². The molecule has 4 unspecified atom stereocenters. The number of fused-ring (bicyclic) bond motifs is 5. The Labute approximate surface area is 153 Å². The highest BCUT2D eigenvalue weighted by molar-refractivity contribution is 14.0. The summed E-state index contributed by atoms with van der Waals surface area (Å²) in [6.45, 7) is -0.226. The SMILES string of the molecule is CN1C2CC(OC(=O)[C@H](CO)c3ccccc3)CC1C1OC12.I. The number of benzene rings is 1. The number of nitrogens with zero attached hydrogens (tertiary/aromatic N) is 1. The number of piperidine rings is 1. The summed E-state index contributed by atoms with van der Waals surface area (Å²) >= 11 is 0. The topological polar surface area (TPSA) is 62.3 Å². The fourth-order valence-electron chi connectivity index (χ4n) is 4.04. The van der Waals surface area contributed by atoms with Gasteiger partial charge in [0.1, 0.15) is 24.2 Å². The van der Waals surface area contributed by atoms with Gasteiger partial charge in [-0.2, -0.15) is 0 Å². The highest BCUT2D eigenvalue weighted by atomic mass is 127. The number of aliphatic hydroxyl groups excluding tert-OH is 1. The van der Waals surface area contributed by atoms with Crippen LogP contribution in [0.25, 0.3) is 0 Å². The summed E-state index contributed by atoms with van der Waals surface area (Å²) in [6.07, 6.45) is 2.26. The van der Waals surface area contributed by atoms with Crippen molar-refractivity contribution < 1.29 is 19.4 Å². The molecule has 0 aromatic heterocycles. The number of epoxide rings is 1. The summed E-state index contributed by atoms with van der Waals surface area (Å²) in [4.78, 5) is 14.8. The van der Waals surface area contributed by atoms with Crippen LogP contribution in [-0.2, 0) is 14.3 Å². The molecule has 0 saturated carbocycles. The first-order chi connectivity index (χ1) is 10.7. The minimum atomic E-state index is -0.593. The summed E-state index contributed by atoms with van der Waals surface area (Å²) in [6, 6.07) is 10.1. The molecular formula is C17H22INO4. The lowest BCUT2D eigenvalue weighted by atomic mass is 9.97. The molecule has 3 aliphatic rings. The lowest BCUT2D eigenvalue weighted by Gasteiger charge is -2.38. The Bertz CT molecular complexity index is 551. The van der Waals surface area contributed by atoms with Gasteiger partial charge in [-0.15, -0.1) is 24.0 Å². The monoisotopic (exact) mass is 431 g/mol. The van der Waals surface area contributed by atoms with Crippen LogP contribution in [0.15, 0.2) is 30.3 Å². The summed E-state index contributed by atoms with van der Waals surface area (Å²) < 4.78 is 11.4. The van der Waals surface area contributed by atoms with Crippen molar-refractivity contribution in [1.82, 2.24) is 4.90 Å². The van der Waals surface area contributed by atoms with Crippen LogP contribution in [-0.4, -0.2) is 60.0 Å². The molecule has 5 nitrogen and oxygen atoms in total. The number of rotatable bonds is 4. The number of hydrogen-bond acceptors (Lipinski definition) is 5. The number of aliphatic hydroxyl groups is 1. The molecule has 3 saturated heterocycles. The highest BCUT2D eigenvalue weighted by Gasteiger charge is 2.62. The van der Waals surface area contributed by atoms with Crippen LogP contribution in [0.2, 0.25) is 0 Å². The van der Waals surface area contributed by atoms with Crippen molar-refractivity contribution in [1.29, 1.82) is 0 Å². The van der Waals surface area contributed by atoms with E-state index < -0.39 is 5.92 Å². The standard InChI is InChI=1S/C17H21NO4.HI/c1-18-13-7-11(8-14(18)16-15(13)22-16)21-17(20)12(9-19)10-5-3-2-4-6-10;/h2-6,11-16,19H,7-9H2,1H3;1H/t11?,12-,13?,14?,15?,16?;/m1./s1. The van der Waals surface area contributed by atoms with Crippen LogP contribution in [0.5, 0.6) is 0 Å². The zero-order chi connectivity index (χ0) is 15.3. The number of esters is 1. The number of halogens is 1. The zero-order valence-corrected chi connectivity index (χ0v) is 15.3. The second kappa shape index (κ2) is 6.66. The third kappa shape index (κ3) is 3.01. The summed E-state index contributed by atoms with van der Waals surface area (Å²) in [5.74, 6) is -0.915. The molecule has 1 N–H and O–H groups in total. The first-order valence-electron chi connectivity index (χ1n) is 7.92. The predicted octanol–water partition coefficient (Wildman–Crippen LogP) is 1.54. The molecule has 4 rings (SSSR count). The summed E-state index contributed by atoms with van der Waals surface area (Å²) in [7, 11) is 2.13. The third-order valence-corrected chi connectivity index (χ3v) is 5.33. The van der Waals surface area contributed by atoms with Gasteiger partial charge in [0.2, 0.25) is 0 Å². The average Bonchev–Trinajstić information content (AvgIpc) is 3.27. The second-order valence-electron chi connectivity index (χ2n) is 6.54. The molecule has 1 aromatic carbocycles. The Kier molecular flexibility index (Phi) is 4.96. The van der Waals surface area contributed by atoms with Gasteiger partial charge >= 0.3 is 5.97 Å². The van der Waals surface area contributed by atoms with Crippen LogP contribution in [0.1, 0.15) is 24.3 Å². The van der Waals surface area contributed by atoms with Gasteiger partial charge in [-0.3, -0.25) is 9.69 Å². The van der Waals surface area contributed by atoms with Gasteiger partial charge in [-0.05, 0) is 12.6 Å². The van der Waals surface area contributed by atoms with Gasteiger partial charge < -0.3 is 14.6 Å². The molecule has 3 heterocycles. The first kappa shape index (κ1) is 17.1. The number of ether oxygens (including phenoxy) is 2. The normalized spacial score (nSPS) is 35.8. The maximum Gasteiger partial charge on any atom is 0.316 e. The highest BCUT2D eigenvalue weighted by Crippen LogP contribution is 2.48. The number of likely N-dealkylation sites (N-methyl/N-ethyl adjacent to an activating group) is 1. The van der Waals surface area contributed by atoms with Crippen LogP contribution in [0, 0.1) is 0 Å². The maximum absolute atomic E-state index is 12.4. The maximum atomic E-state index is 12.4. The van der Waals surface area contributed by atoms with Gasteiger partial charge in [0.25, 0.3) is 0 Å². The zero-order valence-electron chi connectivity index (χ0n) is 13.0. The Hall–Kier alpha value is -0.700. The van der Waals surface area contributed by atoms with E-state index in [1.165, 1.54) is 0 Å². The molecule has 0 spiro atoms. The molecule has 0 radical (unpaired) electrons. The summed E-state index contributed by atoms with van der Waals surface area (Å²) in [5, 5.41) is 9.56. The Morgan fingerprint density at radius 3 is 2.48 bits per heavy atom. The van der Waals surface area contributed by atoms with Gasteiger partial charge in [0.05, 0.1) is 6.61 Å². The first-order valence-corrected chi connectivity index (χ1v) is 7.92. The molecule has 1 aromatic rings. The Morgan fingerprint density at radius 2 is 1.91 bits per heavy atom. The largest absolute Gasteiger partial charge is 0.462 e. The number of morpholine rings is 1. The molecule has 6 heteroatoms. The predicted molar refractivity (Wildman–Crippen MR) is 94.8 cm³/mol. The number of hydrogen-bond donors (Lipinski definition) is 1. The van der Waals surface area contributed by atoms with E-state index in [0.717, 1.165) is 18.4 Å². The van der Waals surface area contributed by atoms with Crippen LogP contribution in [0.3, 0.4) is 0 Å². The van der Waals surface area contributed by atoms with E-state index in [4.69, 9.17) is 9.47 Å². The summed E-state index contributed by atoms with van der Waals surface area (Å²) in [5.41, 5.74) is 0.803. The Morgan fingerprint density at radius 1 is 1.30 bits per heavy atom. The molecule has 3 aliphatic heterocycles. The molecule has 5 atom stereocenters. The van der Waals surface area contributed by atoms with E-state index in [1.54, 1.807) is 0 Å². The minimum Gasteiger partial charge on any atom is -0.462 e. The van der Waals surface area contributed by atoms with E-state index in [9.17, 15) is 9.90 Å². The van der Waals surface area contributed by atoms with Crippen LogP contribution >= 0.6 is 24.0 Å². The van der Waals surface area contributed by atoms with E-state index in [0.29, 0.717) is 24.3 Å². The van der Waals surface area contributed by atoms with Crippen LogP contribution in [0.4, 0.5) is 0 Å². The minimum absolute atomic E-state index is 0. The quantitative estimate of drug-likeness (QED) is 0.445. The van der Waals surface area contributed by atoms with E-state index in [2.05, 4.69) is 11.9 Å². The molecule has 0 amide bonds. The van der Waals surface area contributed by atoms with Gasteiger partial charge in [-0.1, -0.05) is 30.3 Å². The Balaban J connectivity index is 0.00000156. The molecule has 23 heavy (non-hydrogen) atoms. The van der Waals surface area contributed by atoms with Crippen molar-refractivity contribution in [2.24, 2.45) is 0 Å². The second-order valence-corrected chi connectivity index (χ2v) is 6.54. The molecule has 126 valence electrons. The van der Waals surface area contributed by atoms with Gasteiger partial charge in [0, 0.05) is 24.9 Å². The third-order valence-electron chi connectivity index (χ3n) is 5.33. The molecule has 2 bridgehead atoms. The van der Waals surface area contributed by atoms with Crippen molar-refractivity contribution in [2.45, 2.75) is 49.2 Å². The van der Waals surface area contributed by atoms with Crippen molar-refractivity contribution in [2.75, 3.05) is 13.7 Å². The number of carbonyl (C=O) groups excluding carboxylic acids is 1. The molecule has 3 fully saturated rings. The lowest BCUT2D eigenvalue weighted by molar-refractivity contribution is -0.156. The van der Waals surface area contributed by atoms with Crippen molar-refractivity contribution >= 4 is 29.9 Å². The average molecular weight is 431 g/mol. The van der Waals surface area contributed by atoms with Crippen molar-refractivity contribution in [3.05, 3.63) is 35.9 Å². The van der Waals surface area contributed by atoms with Crippen molar-refractivity contribution in [3.63, 3.8) is 0 Å². The van der Waals surface area contributed by atoms with E-state index in [1.807, 2.05) is 30.3 Å². The van der Waals surface area contributed by atoms with Gasteiger partial charge in [-0.25, -0.2) is 0 Å².